The second kappa shape index (κ2) is 13.3. The van der Waals surface area contributed by atoms with Crippen molar-refractivity contribution in [2.75, 3.05) is 33.4 Å². The molecule has 0 spiro atoms. The molecule has 3 N–H and O–H groups in total. The standard InChI is InChI=1S/C24H33ClN4O.HI/c1-19(21-8-4-3-5-9-21)29-24(12-15-30-16-13-24)18-28-23(26-2)27-14-11-20-7-6-10-22(25)17-20;/h3-10,17,19,29H,11-16,18H2,1-2H3,(H2,26,27,28);1H. The lowest BCUT2D eigenvalue weighted by Crippen LogP contribution is -2.58. The Balaban J connectivity index is 0.00000341. The summed E-state index contributed by atoms with van der Waals surface area (Å²) in [5, 5.41) is 11.6. The number of hydrogen-bond acceptors (Lipinski definition) is 3. The van der Waals surface area contributed by atoms with Crippen LogP contribution in [0.2, 0.25) is 5.02 Å². The molecule has 0 radical (unpaired) electrons. The Bertz CT molecular complexity index is 812. The van der Waals surface area contributed by atoms with Gasteiger partial charge < -0.3 is 20.7 Å². The van der Waals surface area contributed by atoms with Gasteiger partial charge in [-0.1, -0.05) is 54.1 Å². The first-order valence-corrected chi connectivity index (χ1v) is 11.1. The first-order chi connectivity index (χ1) is 14.6. The van der Waals surface area contributed by atoms with Gasteiger partial charge in [0.25, 0.3) is 0 Å². The van der Waals surface area contributed by atoms with Crippen LogP contribution in [0.1, 0.15) is 36.9 Å². The van der Waals surface area contributed by atoms with Crippen molar-refractivity contribution in [2.45, 2.75) is 37.8 Å². The van der Waals surface area contributed by atoms with E-state index >= 15 is 0 Å². The van der Waals surface area contributed by atoms with Gasteiger partial charge in [0.05, 0.1) is 0 Å². The summed E-state index contributed by atoms with van der Waals surface area (Å²) in [6.07, 6.45) is 2.83. The Morgan fingerprint density at radius 3 is 2.52 bits per heavy atom. The number of ether oxygens (including phenoxy) is 1. The van der Waals surface area contributed by atoms with Crippen LogP contribution < -0.4 is 16.0 Å². The molecule has 31 heavy (non-hydrogen) atoms. The van der Waals surface area contributed by atoms with Crippen molar-refractivity contribution in [2.24, 2.45) is 4.99 Å². The van der Waals surface area contributed by atoms with Crippen LogP contribution in [0, 0.1) is 0 Å². The third-order valence-electron chi connectivity index (χ3n) is 5.69. The largest absolute Gasteiger partial charge is 0.381 e. The van der Waals surface area contributed by atoms with Crippen LogP contribution in [0.3, 0.4) is 0 Å². The minimum atomic E-state index is -0.0297. The highest BCUT2D eigenvalue weighted by Crippen LogP contribution is 2.25. The number of aliphatic imine (C=N–C) groups is 1. The molecule has 1 saturated heterocycles. The number of rotatable bonds is 8. The van der Waals surface area contributed by atoms with Gasteiger partial charge in [-0.05, 0) is 49.4 Å². The highest BCUT2D eigenvalue weighted by molar-refractivity contribution is 14.0. The Hall–Kier alpha value is -1.35. The van der Waals surface area contributed by atoms with Gasteiger partial charge in [-0.25, -0.2) is 0 Å². The van der Waals surface area contributed by atoms with Crippen molar-refractivity contribution in [1.82, 2.24) is 16.0 Å². The summed E-state index contributed by atoms with van der Waals surface area (Å²) in [6.45, 7) is 5.37. The van der Waals surface area contributed by atoms with Gasteiger partial charge in [0, 0.05) is 50.0 Å². The molecule has 1 fully saturated rings. The topological polar surface area (TPSA) is 57.7 Å². The molecule has 1 atom stereocenters. The van der Waals surface area contributed by atoms with Gasteiger partial charge in [0.15, 0.2) is 5.96 Å². The predicted molar refractivity (Wildman–Crippen MR) is 141 cm³/mol. The Kier molecular flexibility index (Phi) is 11.1. The van der Waals surface area contributed by atoms with Gasteiger partial charge in [0.1, 0.15) is 0 Å². The fourth-order valence-corrected chi connectivity index (χ4v) is 4.12. The number of benzene rings is 2. The molecule has 2 aromatic carbocycles. The van der Waals surface area contributed by atoms with E-state index in [0.29, 0.717) is 0 Å². The van der Waals surface area contributed by atoms with E-state index in [1.807, 2.05) is 25.2 Å². The van der Waals surface area contributed by atoms with Crippen LogP contribution in [-0.2, 0) is 11.2 Å². The third kappa shape index (κ3) is 8.25. The summed E-state index contributed by atoms with van der Waals surface area (Å²) < 4.78 is 5.64. The van der Waals surface area contributed by atoms with Crippen molar-refractivity contribution in [3.63, 3.8) is 0 Å². The average Bonchev–Trinajstić information content (AvgIpc) is 2.77. The van der Waals surface area contributed by atoms with Crippen LogP contribution in [0.5, 0.6) is 0 Å². The van der Waals surface area contributed by atoms with Crippen molar-refractivity contribution in [3.05, 3.63) is 70.7 Å². The van der Waals surface area contributed by atoms with Crippen LogP contribution in [0.4, 0.5) is 0 Å². The second-order valence-electron chi connectivity index (χ2n) is 7.90. The number of halogens is 2. The molecule has 5 nitrogen and oxygen atoms in total. The van der Waals surface area contributed by atoms with E-state index in [1.54, 1.807) is 0 Å². The van der Waals surface area contributed by atoms with Crippen LogP contribution >= 0.6 is 35.6 Å². The SMILES string of the molecule is CN=C(NCCc1cccc(Cl)c1)NCC1(NC(C)c2ccccc2)CCOCC1.I. The van der Waals surface area contributed by atoms with Gasteiger partial charge >= 0.3 is 0 Å². The molecule has 0 saturated carbocycles. The molecule has 1 aliphatic heterocycles. The zero-order valence-electron chi connectivity index (χ0n) is 18.4. The van der Waals surface area contributed by atoms with E-state index in [4.69, 9.17) is 16.3 Å². The normalized spacial score (nSPS) is 16.8. The lowest BCUT2D eigenvalue weighted by Gasteiger charge is -2.41. The summed E-state index contributed by atoms with van der Waals surface area (Å²) in [6, 6.07) is 18.8. The maximum absolute atomic E-state index is 6.08. The summed E-state index contributed by atoms with van der Waals surface area (Å²) in [7, 11) is 1.81. The third-order valence-corrected chi connectivity index (χ3v) is 5.92. The first kappa shape index (κ1) is 25.9. The molecule has 0 aliphatic carbocycles. The zero-order valence-corrected chi connectivity index (χ0v) is 21.5. The highest BCUT2D eigenvalue weighted by Gasteiger charge is 2.34. The Morgan fingerprint density at radius 2 is 1.84 bits per heavy atom. The van der Waals surface area contributed by atoms with Gasteiger partial charge in [-0.15, -0.1) is 24.0 Å². The van der Waals surface area contributed by atoms with Crippen molar-refractivity contribution in [3.8, 4) is 0 Å². The zero-order chi connectivity index (χ0) is 21.2. The van der Waals surface area contributed by atoms with Crippen LogP contribution in [0.25, 0.3) is 0 Å². The van der Waals surface area contributed by atoms with E-state index in [1.165, 1.54) is 11.1 Å². The van der Waals surface area contributed by atoms with Crippen molar-refractivity contribution >= 4 is 41.5 Å². The van der Waals surface area contributed by atoms with E-state index in [9.17, 15) is 0 Å². The molecule has 1 aliphatic rings. The van der Waals surface area contributed by atoms with Gasteiger partial charge in [-0.2, -0.15) is 0 Å². The van der Waals surface area contributed by atoms with Crippen LogP contribution in [0.15, 0.2) is 59.6 Å². The second-order valence-corrected chi connectivity index (χ2v) is 8.34. The van der Waals surface area contributed by atoms with Gasteiger partial charge in [-0.3, -0.25) is 4.99 Å². The number of nitrogens with one attached hydrogen (secondary N) is 3. The minimum absolute atomic E-state index is 0. The molecule has 3 rings (SSSR count). The summed E-state index contributed by atoms with van der Waals surface area (Å²) >= 11 is 6.08. The molecule has 2 aromatic rings. The lowest BCUT2D eigenvalue weighted by atomic mass is 9.88. The Labute approximate surface area is 208 Å². The molecular weight excluding hydrogens is 523 g/mol. The number of nitrogens with zero attached hydrogens (tertiary/aromatic N) is 1. The van der Waals surface area contributed by atoms with Gasteiger partial charge in [0.2, 0.25) is 0 Å². The smallest absolute Gasteiger partial charge is 0.191 e. The van der Waals surface area contributed by atoms with E-state index in [2.05, 4.69) is 64.3 Å². The fourth-order valence-electron chi connectivity index (χ4n) is 3.91. The molecule has 0 bridgehead atoms. The number of hydrogen-bond donors (Lipinski definition) is 3. The van der Waals surface area contributed by atoms with E-state index in [-0.39, 0.29) is 35.6 Å². The lowest BCUT2D eigenvalue weighted by molar-refractivity contribution is 0.0355. The quantitative estimate of drug-likeness (QED) is 0.253. The van der Waals surface area contributed by atoms with Crippen molar-refractivity contribution in [1.29, 1.82) is 0 Å². The predicted octanol–water partition coefficient (Wildman–Crippen LogP) is 4.57. The fraction of sp³-hybridized carbons (Fsp3) is 0.458. The molecule has 0 aromatic heterocycles. The monoisotopic (exact) mass is 556 g/mol. The molecular formula is C24H34ClIN4O. The van der Waals surface area contributed by atoms with Crippen LogP contribution in [-0.4, -0.2) is 44.8 Å². The maximum atomic E-state index is 6.08. The molecule has 7 heteroatoms. The van der Waals surface area contributed by atoms with Crippen molar-refractivity contribution < 1.29 is 4.74 Å². The Morgan fingerprint density at radius 1 is 1.10 bits per heavy atom. The average molecular weight is 557 g/mol. The minimum Gasteiger partial charge on any atom is -0.381 e. The molecule has 170 valence electrons. The highest BCUT2D eigenvalue weighted by atomic mass is 127. The molecule has 0 amide bonds. The van der Waals surface area contributed by atoms with E-state index < -0.39 is 0 Å². The summed E-state index contributed by atoms with van der Waals surface area (Å²) in [5.41, 5.74) is 2.48. The molecule has 1 heterocycles. The first-order valence-electron chi connectivity index (χ1n) is 10.7. The van der Waals surface area contributed by atoms with E-state index in [0.717, 1.165) is 56.5 Å². The maximum Gasteiger partial charge on any atom is 0.191 e. The number of guanidine groups is 1. The summed E-state index contributed by atoms with van der Waals surface area (Å²) in [5.74, 6) is 0.817. The summed E-state index contributed by atoms with van der Waals surface area (Å²) in [4.78, 5) is 4.40. The molecule has 1 unspecified atom stereocenters.